The first-order chi connectivity index (χ1) is 9.30. The molecular formula is C15H23ClN2O2. The van der Waals surface area contributed by atoms with Crippen LogP contribution in [0.5, 0.6) is 11.5 Å². The summed E-state index contributed by atoms with van der Waals surface area (Å²) >= 11 is 0. The topological polar surface area (TPSA) is 33.7 Å². The van der Waals surface area contributed by atoms with E-state index in [4.69, 9.17) is 9.47 Å². The van der Waals surface area contributed by atoms with Crippen molar-refractivity contribution in [1.82, 2.24) is 10.2 Å². The van der Waals surface area contributed by atoms with E-state index in [1.54, 1.807) is 14.2 Å². The fraction of sp³-hybridized carbons (Fsp3) is 0.600. The van der Waals surface area contributed by atoms with E-state index in [1.165, 1.54) is 31.7 Å². The highest BCUT2D eigenvalue weighted by atomic mass is 35.5. The predicted molar refractivity (Wildman–Crippen MR) is 81.9 cm³/mol. The van der Waals surface area contributed by atoms with Crippen LogP contribution in [-0.4, -0.2) is 45.3 Å². The third-order valence-corrected chi connectivity index (χ3v) is 4.32. The summed E-state index contributed by atoms with van der Waals surface area (Å²) in [5.41, 5.74) is 1.30. The van der Waals surface area contributed by atoms with Gasteiger partial charge in [-0.3, -0.25) is 4.90 Å². The van der Waals surface area contributed by atoms with Crippen molar-refractivity contribution in [2.45, 2.75) is 6.54 Å². The number of hydrogen-bond donors (Lipinski definition) is 1. The molecule has 1 N–H and O–H groups in total. The first kappa shape index (κ1) is 15.4. The second kappa shape index (κ2) is 6.66. The standard InChI is InChI=1S/C15H22N2O2.ClH/c1-18-14-4-3-11(5-15(14)19-2)8-17-9-12-6-16-7-13(12)10-17;/h3-5,12-13,16H,6-10H2,1-2H3;1H/t12-,13+;. The van der Waals surface area contributed by atoms with Gasteiger partial charge < -0.3 is 14.8 Å². The van der Waals surface area contributed by atoms with Gasteiger partial charge in [-0.15, -0.1) is 12.4 Å². The number of methoxy groups -OCH3 is 2. The fourth-order valence-electron chi connectivity index (χ4n) is 3.32. The molecule has 2 fully saturated rings. The molecule has 0 aromatic heterocycles. The summed E-state index contributed by atoms with van der Waals surface area (Å²) in [6.07, 6.45) is 0. The number of nitrogens with one attached hydrogen (secondary N) is 1. The predicted octanol–water partition coefficient (Wildman–Crippen LogP) is 1.78. The second-order valence-electron chi connectivity index (χ2n) is 5.56. The second-order valence-corrected chi connectivity index (χ2v) is 5.56. The largest absolute Gasteiger partial charge is 0.493 e. The van der Waals surface area contributed by atoms with Gasteiger partial charge in [-0.05, 0) is 42.6 Å². The molecule has 0 aliphatic carbocycles. The number of ether oxygens (including phenoxy) is 2. The lowest BCUT2D eigenvalue weighted by Gasteiger charge is -2.18. The zero-order valence-electron chi connectivity index (χ0n) is 12.1. The quantitative estimate of drug-likeness (QED) is 0.919. The molecule has 2 aliphatic heterocycles. The molecule has 3 rings (SSSR count). The Kier molecular flexibility index (Phi) is 5.13. The van der Waals surface area contributed by atoms with Crippen molar-refractivity contribution in [3.8, 4) is 11.5 Å². The third-order valence-electron chi connectivity index (χ3n) is 4.32. The van der Waals surface area contributed by atoms with Gasteiger partial charge in [-0.1, -0.05) is 6.07 Å². The molecule has 0 unspecified atom stereocenters. The molecule has 2 saturated heterocycles. The van der Waals surface area contributed by atoms with Gasteiger partial charge in [0.2, 0.25) is 0 Å². The van der Waals surface area contributed by atoms with Gasteiger partial charge >= 0.3 is 0 Å². The normalized spacial score (nSPS) is 25.1. The van der Waals surface area contributed by atoms with E-state index in [1.807, 2.05) is 6.07 Å². The molecular weight excluding hydrogens is 276 g/mol. The average molecular weight is 299 g/mol. The molecule has 0 amide bonds. The Balaban J connectivity index is 0.00000147. The highest BCUT2D eigenvalue weighted by Crippen LogP contribution is 2.30. The lowest BCUT2D eigenvalue weighted by molar-refractivity contribution is 0.304. The summed E-state index contributed by atoms with van der Waals surface area (Å²) in [6, 6.07) is 6.21. The van der Waals surface area contributed by atoms with Crippen LogP contribution in [0, 0.1) is 11.8 Å². The van der Waals surface area contributed by atoms with Crippen molar-refractivity contribution in [3.63, 3.8) is 0 Å². The molecule has 2 heterocycles. The summed E-state index contributed by atoms with van der Waals surface area (Å²) in [5, 5.41) is 3.48. The van der Waals surface area contributed by atoms with E-state index in [9.17, 15) is 0 Å². The fourth-order valence-corrected chi connectivity index (χ4v) is 3.32. The summed E-state index contributed by atoms with van der Waals surface area (Å²) in [5.74, 6) is 3.31. The van der Waals surface area contributed by atoms with Crippen molar-refractivity contribution < 1.29 is 9.47 Å². The molecule has 5 heteroatoms. The lowest BCUT2D eigenvalue weighted by atomic mass is 10.0. The van der Waals surface area contributed by atoms with Crippen LogP contribution in [0.25, 0.3) is 0 Å². The minimum Gasteiger partial charge on any atom is -0.493 e. The van der Waals surface area contributed by atoms with Crippen LogP contribution in [-0.2, 0) is 6.54 Å². The van der Waals surface area contributed by atoms with Crippen LogP contribution < -0.4 is 14.8 Å². The Bertz CT molecular complexity index is 443. The maximum absolute atomic E-state index is 5.36. The highest BCUT2D eigenvalue weighted by Gasteiger charge is 2.35. The molecule has 0 saturated carbocycles. The Hall–Kier alpha value is -0.970. The molecule has 4 nitrogen and oxygen atoms in total. The summed E-state index contributed by atoms with van der Waals surface area (Å²) in [6.45, 7) is 5.81. The molecule has 2 atom stereocenters. The Labute approximate surface area is 126 Å². The van der Waals surface area contributed by atoms with E-state index in [2.05, 4.69) is 22.3 Å². The number of rotatable bonds is 4. The van der Waals surface area contributed by atoms with Crippen LogP contribution in [0.15, 0.2) is 18.2 Å². The number of likely N-dealkylation sites (tertiary alicyclic amines) is 1. The van der Waals surface area contributed by atoms with Gasteiger partial charge in [0.25, 0.3) is 0 Å². The Morgan fingerprint density at radius 3 is 2.35 bits per heavy atom. The van der Waals surface area contributed by atoms with E-state index in [0.29, 0.717) is 0 Å². The van der Waals surface area contributed by atoms with Gasteiger partial charge in [0.1, 0.15) is 0 Å². The van der Waals surface area contributed by atoms with Gasteiger partial charge in [0.05, 0.1) is 14.2 Å². The molecule has 1 aromatic carbocycles. The number of nitrogens with zero attached hydrogens (tertiary/aromatic N) is 1. The van der Waals surface area contributed by atoms with Gasteiger partial charge in [0, 0.05) is 19.6 Å². The first-order valence-electron chi connectivity index (χ1n) is 6.94. The first-order valence-corrected chi connectivity index (χ1v) is 6.94. The zero-order valence-corrected chi connectivity index (χ0v) is 12.9. The molecule has 0 bridgehead atoms. The van der Waals surface area contributed by atoms with Crippen molar-refractivity contribution in [2.75, 3.05) is 40.4 Å². The SMILES string of the molecule is COc1ccc(CN2C[C@H]3CNC[C@H]3C2)cc1OC.Cl. The lowest BCUT2D eigenvalue weighted by Crippen LogP contribution is -2.25. The van der Waals surface area contributed by atoms with Gasteiger partial charge in [-0.2, -0.15) is 0 Å². The Morgan fingerprint density at radius 2 is 1.75 bits per heavy atom. The van der Waals surface area contributed by atoms with E-state index >= 15 is 0 Å². The van der Waals surface area contributed by atoms with E-state index in [0.717, 1.165) is 29.9 Å². The van der Waals surface area contributed by atoms with Crippen molar-refractivity contribution in [3.05, 3.63) is 23.8 Å². The minimum absolute atomic E-state index is 0. The maximum atomic E-state index is 5.36. The summed E-state index contributed by atoms with van der Waals surface area (Å²) in [4.78, 5) is 2.55. The van der Waals surface area contributed by atoms with Crippen LogP contribution >= 0.6 is 12.4 Å². The number of hydrogen-bond acceptors (Lipinski definition) is 4. The Morgan fingerprint density at radius 1 is 1.10 bits per heavy atom. The van der Waals surface area contributed by atoms with E-state index in [-0.39, 0.29) is 12.4 Å². The number of benzene rings is 1. The molecule has 0 spiro atoms. The van der Waals surface area contributed by atoms with E-state index < -0.39 is 0 Å². The average Bonchev–Trinajstić information content (AvgIpc) is 2.99. The van der Waals surface area contributed by atoms with Crippen LogP contribution in [0.2, 0.25) is 0 Å². The van der Waals surface area contributed by atoms with Crippen LogP contribution in [0.3, 0.4) is 0 Å². The van der Waals surface area contributed by atoms with Gasteiger partial charge in [0.15, 0.2) is 11.5 Å². The van der Waals surface area contributed by atoms with Gasteiger partial charge in [-0.25, -0.2) is 0 Å². The molecule has 1 aromatic rings. The minimum atomic E-state index is 0. The summed E-state index contributed by atoms with van der Waals surface area (Å²) < 4.78 is 10.6. The molecule has 112 valence electrons. The molecule has 0 radical (unpaired) electrons. The summed E-state index contributed by atoms with van der Waals surface area (Å²) in [7, 11) is 3.36. The number of fused-ring (bicyclic) bond motifs is 1. The van der Waals surface area contributed by atoms with Crippen LogP contribution in [0.4, 0.5) is 0 Å². The van der Waals surface area contributed by atoms with Crippen LogP contribution in [0.1, 0.15) is 5.56 Å². The molecule has 2 aliphatic rings. The highest BCUT2D eigenvalue weighted by molar-refractivity contribution is 5.85. The monoisotopic (exact) mass is 298 g/mol. The smallest absolute Gasteiger partial charge is 0.161 e. The zero-order chi connectivity index (χ0) is 13.2. The molecule has 20 heavy (non-hydrogen) atoms. The van der Waals surface area contributed by atoms with Crippen molar-refractivity contribution in [2.24, 2.45) is 11.8 Å². The maximum Gasteiger partial charge on any atom is 0.161 e. The van der Waals surface area contributed by atoms with Crippen molar-refractivity contribution >= 4 is 12.4 Å². The van der Waals surface area contributed by atoms with Crippen molar-refractivity contribution in [1.29, 1.82) is 0 Å². The third kappa shape index (κ3) is 3.03. The number of halogens is 1.